The summed E-state index contributed by atoms with van der Waals surface area (Å²) in [4.78, 5) is 36.3. The standard InChI is InChI=1S/C14H18N2O7/c1-20-6-7-21-9-13(18)22-8-10-2-3-12(23-10)16-5-4-11(17)15-14(16)19/h2-5,10,12H,6-9H2,1H3,(H,15,17,19). The first-order valence-corrected chi connectivity index (χ1v) is 6.97. The second kappa shape index (κ2) is 8.42. The molecule has 126 valence electrons. The first kappa shape index (κ1) is 17.1. The lowest BCUT2D eigenvalue weighted by Gasteiger charge is -2.15. The first-order chi connectivity index (χ1) is 11.1. The molecule has 0 saturated carbocycles. The van der Waals surface area contributed by atoms with Crippen LogP contribution in [0.15, 0.2) is 34.0 Å². The van der Waals surface area contributed by atoms with Crippen LogP contribution in [0.3, 0.4) is 0 Å². The Morgan fingerprint density at radius 3 is 2.91 bits per heavy atom. The molecule has 0 radical (unpaired) electrons. The Labute approximate surface area is 131 Å². The molecule has 1 N–H and O–H groups in total. The number of carbonyl (C=O) groups is 1. The van der Waals surface area contributed by atoms with Gasteiger partial charge in [0.05, 0.1) is 13.2 Å². The molecule has 23 heavy (non-hydrogen) atoms. The summed E-state index contributed by atoms with van der Waals surface area (Å²) in [5.41, 5.74) is -1.05. The molecule has 2 unspecified atom stereocenters. The summed E-state index contributed by atoms with van der Waals surface area (Å²) in [6.45, 7) is 0.556. The van der Waals surface area contributed by atoms with Crippen LogP contribution in [0.5, 0.6) is 0 Å². The molecule has 1 aromatic heterocycles. The summed E-state index contributed by atoms with van der Waals surface area (Å²) in [5, 5.41) is 0. The predicted molar refractivity (Wildman–Crippen MR) is 78.0 cm³/mol. The number of H-pyrrole nitrogens is 1. The van der Waals surface area contributed by atoms with Crippen molar-refractivity contribution in [3.8, 4) is 0 Å². The first-order valence-electron chi connectivity index (χ1n) is 6.97. The van der Waals surface area contributed by atoms with Crippen molar-refractivity contribution in [1.82, 2.24) is 9.55 Å². The number of nitrogens with one attached hydrogen (secondary N) is 1. The van der Waals surface area contributed by atoms with Gasteiger partial charge in [-0.2, -0.15) is 0 Å². The molecule has 0 amide bonds. The quantitative estimate of drug-likeness (QED) is 0.378. The third-order valence-corrected chi connectivity index (χ3v) is 2.99. The van der Waals surface area contributed by atoms with E-state index >= 15 is 0 Å². The maximum absolute atomic E-state index is 11.7. The highest BCUT2D eigenvalue weighted by Gasteiger charge is 2.22. The minimum Gasteiger partial charge on any atom is -0.461 e. The topological polar surface area (TPSA) is 109 Å². The Kier molecular flexibility index (Phi) is 6.27. The van der Waals surface area contributed by atoms with Gasteiger partial charge < -0.3 is 18.9 Å². The number of ether oxygens (including phenoxy) is 4. The van der Waals surface area contributed by atoms with Crippen molar-refractivity contribution in [3.63, 3.8) is 0 Å². The molecule has 9 heteroatoms. The van der Waals surface area contributed by atoms with Gasteiger partial charge in [0.1, 0.15) is 19.3 Å². The molecule has 2 rings (SSSR count). The molecule has 2 atom stereocenters. The van der Waals surface area contributed by atoms with Crippen LogP contribution >= 0.6 is 0 Å². The van der Waals surface area contributed by atoms with Crippen molar-refractivity contribution in [1.29, 1.82) is 0 Å². The number of esters is 1. The third kappa shape index (κ3) is 5.16. The van der Waals surface area contributed by atoms with Gasteiger partial charge in [0, 0.05) is 19.4 Å². The average molecular weight is 326 g/mol. The number of nitrogens with zero attached hydrogens (tertiary/aromatic N) is 1. The van der Waals surface area contributed by atoms with Crippen LogP contribution in [-0.4, -0.2) is 55.2 Å². The molecule has 0 saturated heterocycles. The molecule has 0 spiro atoms. The van der Waals surface area contributed by atoms with E-state index in [-0.39, 0.29) is 13.2 Å². The van der Waals surface area contributed by atoms with Crippen LogP contribution in [0.2, 0.25) is 0 Å². The number of hydrogen-bond donors (Lipinski definition) is 1. The number of carbonyl (C=O) groups excluding carboxylic acids is 1. The van der Waals surface area contributed by atoms with E-state index in [0.29, 0.717) is 13.2 Å². The fourth-order valence-corrected chi connectivity index (χ4v) is 1.88. The largest absolute Gasteiger partial charge is 0.461 e. The van der Waals surface area contributed by atoms with E-state index in [0.717, 1.165) is 0 Å². The summed E-state index contributed by atoms with van der Waals surface area (Å²) in [5.74, 6) is -0.511. The number of hydrogen-bond acceptors (Lipinski definition) is 7. The Bertz CT molecular complexity index is 664. The van der Waals surface area contributed by atoms with E-state index in [1.165, 1.54) is 23.9 Å². The van der Waals surface area contributed by atoms with Gasteiger partial charge in [0.15, 0.2) is 6.23 Å². The number of rotatable bonds is 8. The van der Waals surface area contributed by atoms with Gasteiger partial charge in [-0.15, -0.1) is 0 Å². The lowest BCUT2D eigenvalue weighted by Crippen LogP contribution is -2.32. The highest BCUT2D eigenvalue weighted by Crippen LogP contribution is 2.19. The lowest BCUT2D eigenvalue weighted by atomic mass is 10.4. The van der Waals surface area contributed by atoms with Crippen LogP contribution < -0.4 is 11.2 Å². The maximum Gasteiger partial charge on any atom is 0.332 e. The van der Waals surface area contributed by atoms with Gasteiger partial charge in [0.2, 0.25) is 0 Å². The molecule has 1 aliphatic heterocycles. The van der Waals surface area contributed by atoms with Gasteiger partial charge in [-0.3, -0.25) is 14.3 Å². The van der Waals surface area contributed by atoms with Gasteiger partial charge >= 0.3 is 11.7 Å². The van der Waals surface area contributed by atoms with Gasteiger partial charge in [-0.05, 0) is 6.08 Å². The molecule has 0 fully saturated rings. The van der Waals surface area contributed by atoms with Crippen molar-refractivity contribution in [3.05, 3.63) is 45.3 Å². The molecule has 2 heterocycles. The Balaban J connectivity index is 1.76. The number of methoxy groups -OCH3 is 1. The van der Waals surface area contributed by atoms with E-state index < -0.39 is 29.6 Å². The van der Waals surface area contributed by atoms with Gasteiger partial charge in [0.25, 0.3) is 5.56 Å². The van der Waals surface area contributed by atoms with Gasteiger partial charge in [-0.25, -0.2) is 9.59 Å². The molecular weight excluding hydrogens is 308 g/mol. The van der Waals surface area contributed by atoms with Crippen molar-refractivity contribution >= 4 is 5.97 Å². The second-order valence-corrected chi connectivity index (χ2v) is 4.70. The van der Waals surface area contributed by atoms with Crippen LogP contribution in [0, 0.1) is 0 Å². The zero-order chi connectivity index (χ0) is 16.7. The molecule has 0 bridgehead atoms. The molecule has 1 aromatic rings. The van der Waals surface area contributed by atoms with Crippen molar-refractivity contribution in [2.75, 3.05) is 33.5 Å². The predicted octanol–water partition coefficient (Wildman–Crippen LogP) is -0.804. The summed E-state index contributed by atoms with van der Waals surface area (Å²) in [6.07, 6.45) is 3.55. The van der Waals surface area contributed by atoms with Crippen molar-refractivity contribution < 1.29 is 23.7 Å². The van der Waals surface area contributed by atoms with E-state index in [4.69, 9.17) is 18.9 Å². The van der Waals surface area contributed by atoms with Crippen LogP contribution in [0.4, 0.5) is 0 Å². The fraction of sp³-hybridized carbons (Fsp3) is 0.500. The SMILES string of the molecule is COCCOCC(=O)OCC1C=CC(n2ccc(=O)[nH]c2=O)O1. The Morgan fingerprint density at radius 2 is 2.17 bits per heavy atom. The van der Waals surface area contributed by atoms with Crippen LogP contribution in [0.1, 0.15) is 6.23 Å². The van der Waals surface area contributed by atoms with Crippen LogP contribution in [-0.2, 0) is 23.7 Å². The zero-order valence-electron chi connectivity index (χ0n) is 12.6. The molecule has 1 aliphatic rings. The summed E-state index contributed by atoms with van der Waals surface area (Å²) in [6, 6.07) is 1.23. The molecule has 0 aromatic carbocycles. The fourth-order valence-electron chi connectivity index (χ4n) is 1.88. The second-order valence-electron chi connectivity index (χ2n) is 4.70. The molecule has 9 nitrogen and oxygen atoms in total. The minimum absolute atomic E-state index is 0.0115. The average Bonchev–Trinajstić information content (AvgIpc) is 2.98. The maximum atomic E-state index is 11.7. The summed E-state index contributed by atoms with van der Waals surface area (Å²) >= 11 is 0. The number of aromatic nitrogens is 2. The van der Waals surface area contributed by atoms with Crippen molar-refractivity contribution in [2.45, 2.75) is 12.3 Å². The Hall–Kier alpha value is -2.23. The van der Waals surface area contributed by atoms with E-state index in [9.17, 15) is 14.4 Å². The molecule has 0 aliphatic carbocycles. The van der Waals surface area contributed by atoms with Crippen LogP contribution in [0.25, 0.3) is 0 Å². The lowest BCUT2D eigenvalue weighted by molar-refractivity contribution is -0.153. The smallest absolute Gasteiger partial charge is 0.332 e. The van der Waals surface area contributed by atoms with Crippen molar-refractivity contribution in [2.24, 2.45) is 0 Å². The third-order valence-electron chi connectivity index (χ3n) is 2.99. The summed E-state index contributed by atoms with van der Waals surface area (Å²) in [7, 11) is 1.54. The minimum atomic E-state index is -0.652. The number of aromatic amines is 1. The van der Waals surface area contributed by atoms with E-state index in [2.05, 4.69) is 4.98 Å². The van der Waals surface area contributed by atoms with E-state index in [1.54, 1.807) is 12.2 Å². The highest BCUT2D eigenvalue weighted by molar-refractivity contribution is 5.70. The highest BCUT2D eigenvalue weighted by atomic mass is 16.6. The van der Waals surface area contributed by atoms with E-state index in [1.807, 2.05) is 0 Å². The summed E-state index contributed by atoms with van der Waals surface area (Å²) < 4.78 is 21.6. The monoisotopic (exact) mass is 326 g/mol. The normalized spacial score (nSPS) is 19.9. The Morgan fingerprint density at radius 1 is 1.35 bits per heavy atom. The zero-order valence-corrected chi connectivity index (χ0v) is 12.6. The van der Waals surface area contributed by atoms with Gasteiger partial charge in [-0.1, -0.05) is 6.08 Å². The molecular formula is C14H18N2O7.